The van der Waals surface area contributed by atoms with Gasteiger partial charge in [-0.05, 0) is 30.2 Å². The summed E-state index contributed by atoms with van der Waals surface area (Å²) >= 11 is 0. The van der Waals surface area contributed by atoms with E-state index in [0.29, 0.717) is 18.9 Å². The van der Waals surface area contributed by atoms with E-state index in [0.717, 1.165) is 11.1 Å². The predicted octanol–water partition coefficient (Wildman–Crippen LogP) is 2.26. The normalized spacial score (nSPS) is 10.4. The number of para-hydroxylation sites is 1. The number of urea groups is 1. The molecule has 3 aromatic rings. The zero-order valence-electron chi connectivity index (χ0n) is 16.5. The zero-order valence-corrected chi connectivity index (χ0v) is 16.5. The van der Waals surface area contributed by atoms with Gasteiger partial charge in [0.25, 0.3) is 5.91 Å². The topological polar surface area (TPSA) is 118 Å². The molecule has 1 aromatic heterocycles. The van der Waals surface area contributed by atoms with Crippen LogP contribution < -0.4 is 16.2 Å². The maximum absolute atomic E-state index is 12.3. The average molecular weight is 409 g/mol. The molecule has 2 aromatic carbocycles. The Balaban J connectivity index is 1.53. The number of benzene rings is 2. The van der Waals surface area contributed by atoms with Crippen LogP contribution in [0.5, 0.6) is 5.75 Å². The molecule has 9 nitrogen and oxygen atoms in total. The highest BCUT2D eigenvalue weighted by atomic mass is 16.5. The largest absolute Gasteiger partial charge is 0.504 e. The highest BCUT2D eigenvalue weighted by molar-refractivity contribution is 5.95. The molecule has 0 saturated heterocycles. The third-order valence-electron chi connectivity index (χ3n) is 4.24. The van der Waals surface area contributed by atoms with Gasteiger partial charge in [0, 0.05) is 13.2 Å². The van der Waals surface area contributed by atoms with Crippen molar-refractivity contribution in [3.63, 3.8) is 0 Å². The Kier molecular flexibility index (Phi) is 7.01. The van der Waals surface area contributed by atoms with E-state index in [9.17, 15) is 14.7 Å². The van der Waals surface area contributed by atoms with Crippen LogP contribution in [0.4, 0.5) is 4.79 Å². The molecular weight excluding hydrogens is 386 g/mol. The number of nitrogens with zero attached hydrogens (tertiary/aromatic N) is 2. The molecule has 3 amide bonds. The van der Waals surface area contributed by atoms with Crippen molar-refractivity contribution in [3.05, 3.63) is 77.6 Å². The van der Waals surface area contributed by atoms with Crippen LogP contribution in [-0.2, 0) is 17.9 Å². The van der Waals surface area contributed by atoms with Crippen molar-refractivity contribution in [3.8, 4) is 11.4 Å². The third kappa shape index (κ3) is 5.36. The Bertz CT molecular complexity index is 1000. The maximum atomic E-state index is 12.3. The van der Waals surface area contributed by atoms with Crippen molar-refractivity contribution in [1.29, 1.82) is 0 Å². The first kappa shape index (κ1) is 20.9. The van der Waals surface area contributed by atoms with E-state index in [1.54, 1.807) is 12.1 Å². The summed E-state index contributed by atoms with van der Waals surface area (Å²) in [5, 5.41) is 16.7. The molecule has 0 spiro atoms. The summed E-state index contributed by atoms with van der Waals surface area (Å²) in [6.45, 7) is 3.23. The first-order valence-corrected chi connectivity index (χ1v) is 9.41. The van der Waals surface area contributed by atoms with Gasteiger partial charge in [-0.3, -0.25) is 10.2 Å². The lowest BCUT2D eigenvalue weighted by atomic mass is 10.1. The monoisotopic (exact) mass is 409 g/mol. The predicted molar refractivity (Wildman–Crippen MR) is 110 cm³/mol. The summed E-state index contributed by atoms with van der Waals surface area (Å²) in [7, 11) is 0. The molecule has 0 radical (unpaired) electrons. The second kappa shape index (κ2) is 10.1. The molecule has 0 saturated carbocycles. The molecule has 0 atom stereocenters. The number of hydrazine groups is 1. The molecule has 9 heteroatoms. The van der Waals surface area contributed by atoms with E-state index in [1.165, 1.54) is 10.9 Å². The zero-order chi connectivity index (χ0) is 21.3. The molecule has 0 aliphatic carbocycles. The Hall–Kier alpha value is -3.85. The minimum atomic E-state index is -0.742. The second-order valence-electron chi connectivity index (χ2n) is 6.31. The van der Waals surface area contributed by atoms with Gasteiger partial charge in [-0.2, -0.15) is 5.10 Å². The fraction of sp³-hybridized carbons (Fsp3) is 0.190. The maximum Gasteiger partial charge on any atom is 0.333 e. The fourth-order valence-electron chi connectivity index (χ4n) is 2.71. The van der Waals surface area contributed by atoms with E-state index in [1.807, 2.05) is 49.4 Å². The quantitative estimate of drug-likeness (QED) is 0.447. The number of ether oxygens (including phenoxy) is 1. The van der Waals surface area contributed by atoms with Crippen LogP contribution in [0.1, 0.15) is 28.5 Å². The third-order valence-corrected chi connectivity index (χ3v) is 4.24. The number of carbonyl (C=O) groups excluding carboxylic acids is 2. The minimum Gasteiger partial charge on any atom is -0.504 e. The van der Waals surface area contributed by atoms with Gasteiger partial charge in [0.15, 0.2) is 11.4 Å². The smallest absolute Gasteiger partial charge is 0.333 e. The number of carbonyl (C=O) groups is 2. The first-order chi connectivity index (χ1) is 14.6. The van der Waals surface area contributed by atoms with Crippen LogP contribution in [-0.4, -0.2) is 33.4 Å². The number of nitrogens with one attached hydrogen (secondary N) is 3. The summed E-state index contributed by atoms with van der Waals surface area (Å²) in [5.41, 5.74) is 6.83. The molecule has 0 bridgehead atoms. The lowest BCUT2D eigenvalue weighted by molar-refractivity contribution is 0.0928. The fourth-order valence-corrected chi connectivity index (χ4v) is 2.71. The Labute approximate surface area is 173 Å². The number of hydrogen-bond donors (Lipinski definition) is 4. The molecule has 0 unspecified atom stereocenters. The number of hydrogen-bond acceptors (Lipinski definition) is 5. The Morgan fingerprint density at radius 2 is 1.73 bits per heavy atom. The van der Waals surface area contributed by atoms with E-state index < -0.39 is 11.9 Å². The van der Waals surface area contributed by atoms with Crippen LogP contribution in [0.15, 0.2) is 60.8 Å². The SMILES string of the molecule is CCOCc1ccccc1CNC(=O)NNC(=O)c1nn(-c2ccccc2)cc1O. The van der Waals surface area contributed by atoms with E-state index in [2.05, 4.69) is 21.3 Å². The highest BCUT2D eigenvalue weighted by Crippen LogP contribution is 2.17. The molecule has 4 N–H and O–H groups in total. The molecule has 156 valence electrons. The van der Waals surface area contributed by atoms with Crippen LogP contribution in [0, 0.1) is 0 Å². The van der Waals surface area contributed by atoms with Crippen molar-refractivity contribution in [1.82, 2.24) is 25.9 Å². The van der Waals surface area contributed by atoms with Crippen molar-refractivity contribution in [2.45, 2.75) is 20.1 Å². The Morgan fingerprint density at radius 1 is 1.03 bits per heavy atom. The number of rotatable bonds is 7. The lowest BCUT2D eigenvalue weighted by Crippen LogP contribution is -2.46. The molecular formula is C21H23N5O4. The van der Waals surface area contributed by atoms with Gasteiger partial charge in [-0.1, -0.05) is 42.5 Å². The van der Waals surface area contributed by atoms with Crippen LogP contribution in [0.25, 0.3) is 5.69 Å². The standard InChI is InChI=1S/C21H23N5O4/c1-2-30-14-16-9-7-6-8-15(16)12-22-21(29)24-23-20(28)19-18(27)13-26(25-19)17-10-4-3-5-11-17/h3-11,13,27H,2,12,14H2,1H3,(H,23,28)(H2,22,24,29). The van der Waals surface area contributed by atoms with Gasteiger partial charge >= 0.3 is 6.03 Å². The van der Waals surface area contributed by atoms with Crippen LogP contribution in [0.3, 0.4) is 0 Å². The molecule has 0 fully saturated rings. The number of amides is 3. The van der Waals surface area contributed by atoms with Crippen molar-refractivity contribution in [2.24, 2.45) is 0 Å². The summed E-state index contributed by atoms with van der Waals surface area (Å²) in [5.74, 6) is -1.04. The Morgan fingerprint density at radius 3 is 2.47 bits per heavy atom. The van der Waals surface area contributed by atoms with Gasteiger partial charge in [-0.25, -0.2) is 14.9 Å². The summed E-state index contributed by atoms with van der Waals surface area (Å²) in [4.78, 5) is 24.3. The highest BCUT2D eigenvalue weighted by Gasteiger charge is 2.17. The van der Waals surface area contributed by atoms with Crippen molar-refractivity contribution >= 4 is 11.9 Å². The number of aromatic nitrogens is 2. The summed E-state index contributed by atoms with van der Waals surface area (Å²) < 4.78 is 6.80. The van der Waals surface area contributed by atoms with E-state index in [-0.39, 0.29) is 18.0 Å². The van der Waals surface area contributed by atoms with Gasteiger partial charge < -0.3 is 15.2 Å². The lowest BCUT2D eigenvalue weighted by Gasteiger charge is -2.11. The molecule has 0 aliphatic heterocycles. The van der Waals surface area contributed by atoms with Crippen LogP contribution >= 0.6 is 0 Å². The van der Waals surface area contributed by atoms with Crippen molar-refractivity contribution < 1.29 is 19.4 Å². The molecule has 1 heterocycles. The molecule has 0 aliphatic rings. The van der Waals surface area contributed by atoms with Gasteiger partial charge in [0.05, 0.1) is 18.5 Å². The van der Waals surface area contributed by atoms with E-state index in [4.69, 9.17) is 4.74 Å². The van der Waals surface area contributed by atoms with Crippen LogP contribution in [0.2, 0.25) is 0 Å². The first-order valence-electron chi connectivity index (χ1n) is 9.41. The van der Waals surface area contributed by atoms with Gasteiger partial charge in [0.2, 0.25) is 0 Å². The summed E-state index contributed by atoms with van der Waals surface area (Å²) in [6.07, 6.45) is 1.32. The average Bonchev–Trinajstić information content (AvgIpc) is 3.17. The summed E-state index contributed by atoms with van der Waals surface area (Å²) in [6, 6.07) is 16.0. The van der Waals surface area contributed by atoms with E-state index >= 15 is 0 Å². The second-order valence-corrected chi connectivity index (χ2v) is 6.31. The molecule has 3 rings (SSSR count). The molecule has 30 heavy (non-hydrogen) atoms. The van der Waals surface area contributed by atoms with Gasteiger partial charge in [-0.15, -0.1) is 0 Å². The van der Waals surface area contributed by atoms with Crippen molar-refractivity contribution in [2.75, 3.05) is 6.61 Å². The van der Waals surface area contributed by atoms with Gasteiger partial charge in [0.1, 0.15) is 0 Å². The minimum absolute atomic E-state index is 0.207. The number of aromatic hydroxyl groups is 1.